The largest absolute Gasteiger partial charge is 0.463 e. The first-order valence-corrected chi connectivity index (χ1v) is 5.38. The van der Waals surface area contributed by atoms with Gasteiger partial charge in [-0.05, 0) is 26.0 Å². The van der Waals surface area contributed by atoms with Crippen molar-refractivity contribution >= 4 is 11.6 Å². The Bertz CT molecular complexity index is 548. The fourth-order valence-electron chi connectivity index (χ4n) is 1.57. The van der Waals surface area contributed by atoms with E-state index in [1.165, 1.54) is 6.07 Å². The smallest absolute Gasteiger partial charge is 0.312 e. The number of rotatable bonds is 3. The number of nitrogens with zero attached hydrogens (tertiary/aromatic N) is 2. The quantitative estimate of drug-likeness (QED) is 0.765. The van der Waals surface area contributed by atoms with Crippen LogP contribution >= 0.6 is 0 Å². The van der Waals surface area contributed by atoms with Gasteiger partial charge in [0, 0.05) is 12.4 Å². The molecule has 90 valence electrons. The second-order valence-electron chi connectivity index (χ2n) is 4.03. The first-order chi connectivity index (χ1) is 8.06. The van der Waals surface area contributed by atoms with Gasteiger partial charge >= 0.3 is 5.97 Å². The molecule has 0 aliphatic carbocycles. The molecule has 0 aliphatic heterocycles. The molecule has 0 saturated carbocycles. The van der Waals surface area contributed by atoms with Crippen molar-refractivity contribution in [1.29, 1.82) is 0 Å². The summed E-state index contributed by atoms with van der Waals surface area (Å²) >= 11 is 0. The van der Waals surface area contributed by atoms with Gasteiger partial charge in [0.2, 0.25) is 0 Å². The number of esters is 1. The van der Waals surface area contributed by atoms with Gasteiger partial charge < -0.3 is 9.14 Å². The predicted octanol–water partition coefficient (Wildman–Crippen LogP) is 1.97. The van der Waals surface area contributed by atoms with Crippen molar-refractivity contribution in [2.45, 2.75) is 26.4 Å². The molecule has 5 heteroatoms. The Morgan fingerprint density at radius 2 is 2.35 bits per heavy atom. The van der Waals surface area contributed by atoms with Crippen LogP contribution in [0, 0.1) is 5.82 Å². The normalized spacial score (nSPS) is 11.1. The Hall–Kier alpha value is -1.91. The molecule has 0 radical (unpaired) electrons. The molecular weight excluding hydrogens is 223 g/mol. The van der Waals surface area contributed by atoms with E-state index in [9.17, 15) is 9.18 Å². The molecule has 2 heterocycles. The zero-order valence-corrected chi connectivity index (χ0v) is 9.68. The fourth-order valence-corrected chi connectivity index (χ4v) is 1.57. The molecule has 4 nitrogen and oxygen atoms in total. The van der Waals surface area contributed by atoms with Crippen molar-refractivity contribution in [3.05, 3.63) is 36.0 Å². The summed E-state index contributed by atoms with van der Waals surface area (Å²) in [5.74, 6) is -0.764. The van der Waals surface area contributed by atoms with Crippen molar-refractivity contribution in [3.8, 4) is 0 Å². The second kappa shape index (κ2) is 4.53. The van der Waals surface area contributed by atoms with Crippen molar-refractivity contribution in [3.63, 3.8) is 0 Å². The lowest BCUT2D eigenvalue weighted by Crippen LogP contribution is -2.13. The highest BCUT2D eigenvalue weighted by Gasteiger charge is 2.11. The van der Waals surface area contributed by atoms with Crippen LogP contribution in [0.2, 0.25) is 0 Å². The van der Waals surface area contributed by atoms with Gasteiger partial charge in [0.25, 0.3) is 0 Å². The Labute approximate surface area is 98.0 Å². The SMILES string of the molecule is CC(C)OC(=O)Cc1cn2cccc(F)c2n1. The molecule has 0 aromatic carbocycles. The molecule has 17 heavy (non-hydrogen) atoms. The number of aromatic nitrogens is 2. The van der Waals surface area contributed by atoms with Crippen molar-refractivity contribution < 1.29 is 13.9 Å². The van der Waals surface area contributed by atoms with Crippen molar-refractivity contribution in [2.75, 3.05) is 0 Å². The van der Waals surface area contributed by atoms with Gasteiger partial charge in [0.15, 0.2) is 11.5 Å². The third-order valence-electron chi connectivity index (χ3n) is 2.18. The van der Waals surface area contributed by atoms with Crippen molar-refractivity contribution in [1.82, 2.24) is 9.38 Å². The van der Waals surface area contributed by atoms with Crippen LogP contribution in [0.4, 0.5) is 4.39 Å². The number of pyridine rings is 1. The maximum absolute atomic E-state index is 13.3. The first kappa shape index (κ1) is 11.6. The molecule has 0 bridgehead atoms. The molecule has 2 aromatic rings. The fraction of sp³-hybridized carbons (Fsp3) is 0.333. The summed E-state index contributed by atoms with van der Waals surface area (Å²) in [5.41, 5.74) is 0.723. The summed E-state index contributed by atoms with van der Waals surface area (Å²) in [6, 6.07) is 2.92. The minimum absolute atomic E-state index is 0.0549. The average Bonchev–Trinajstić information content (AvgIpc) is 2.60. The van der Waals surface area contributed by atoms with E-state index in [1.807, 2.05) is 0 Å². The summed E-state index contributed by atoms with van der Waals surface area (Å²) in [6.45, 7) is 3.56. The highest BCUT2D eigenvalue weighted by Crippen LogP contribution is 2.10. The van der Waals surface area contributed by atoms with Gasteiger partial charge in [-0.15, -0.1) is 0 Å². The monoisotopic (exact) mass is 236 g/mol. The van der Waals surface area contributed by atoms with Gasteiger partial charge in [0.1, 0.15) is 0 Å². The average molecular weight is 236 g/mol. The zero-order valence-electron chi connectivity index (χ0n) is 9.68. The van der Waals surface area contributed by atoms with Crippen LogP contribution in [0.15, 0.2) is 24.5 Å². The van der Waals surface area contributed by atoms with Crippen LogP contribution in [-0.4, -0.2) is 21.5 Å². The zero-order chi connectivity index (χ0) is 12.4. The molecular formula is C12H13FN2O2. The van der Waals surface area contributed by atoms with Crippen LogP contribution in [0.5, 0.6) is 0 Å². The third-order valence-corrected chi connectivity index (χ3v) is 2.18. The summed E-state index contributed by atoms with van der Waals surface area (Å²) < 4.78 is 19.9. The van der Waals surface area contributed by atoms with E-state index in [0.29, 0.717) is 5.69 Å². The maximum atomic E-state index is 13.3. The Morgan fingerprint density at radius 3 is 3.00 bits per heavy atom. The first-order valence-electron chi connectivity index (χ1n) is 5.38. The Morgan fingerprint density at radius 1 is 1.59 bits per heavy atom. The summed E-state index contributed by atoms with van der Waals surface area (Å²) in [6.07, 6.45) is 3.21. The molecule has 0 aliphatic rings. The predicted molar refractivity (Wildman–Crippen MR) is 60.1 cm³/mol. The highest BCUT2D eigenvalue weighted by molar-refractivity contribution is 5.72. The van der Waals surface area contributed by atoms with Gasteiger partial charge in [-0.2, -0.15) is 0 Å². The minimum atomic E-state index is -0.407. The molecule has 0 spiro atoms. The van der Waals surface area contributed by atoms with Crippen LogP contribution < -0.4 is 0 Å². The molecule has 0 fully saturated rings. The van der Waals surface area contributed by atoms with Gasteiger partial charge in [-0.3, -0.25) is 4.79 Å². The minimum Gasteiger partial charge on any atom is -0.463 e. The van der Waals surface area contributed by atoms with Gasteiger partial charge in [-0.25, -0.2) is 9.37 Å². The van der Waals surface area contributed by atoms with Crippen molar-refractivity contribution in [2.24, 2.45) is 0 Å². The molecule has 0 atom stereocenters. The topological polar surface area (TPSA) is 43.6 Å². The van der Waals surface area contributed by atoms with E-state index in [2.05, 4.69) is 4.98 Å². The van der Waals surface area contributed by atoms with E-state index in [1.54, 1.807) is 36.7 Å². The van der Waals surface area contributed by atoms with Gasteiger partial charge in [0.05, 0.1) is 18.2 Å². The molecule has 0 saturated heterocycles. The lowest BCUT2D eigenvalue weighted by atomic mass is 10.3. The number of hydrogen-bond donors (Lipinski definition) is 0. The van der Waals surface area contributed by atoms with E-state index in [-0.39, 0.29) is 24.1 Å². The number of hydrogen-bond acceptors (Lipinski definition) is 3. The summed E-state index contributed by atoms with van der Waals surface area (Å²) in [5, 5.41) is 0. The maximum Gasteiger partial charge on any atom is 0.312 e. The number of carbonyl (C=O) groups is 1. The van der Waals surface area contributed by atoms with Crippen LogP contribution in [0.1, 0.15) is 19.5 Å². The molecule has 0 N–H and O–H groups in total. The lowest BCUT2D eigenvalue weighted by molar-refractivity contribution is -0.146. The standard InChI is InChI=1S/C12H13FN2O2/c1-8(2)17-11(16)6-9-7-15-5-3-4-10(13)12(15)14-9/h3-5,7-8H,6H2,1-2H3. The number of halogens is 1. The third kappa shape index (κ3) is 2.61. The lowest BCUT2D eigenvalue weighted by Gasteiger charge is -2.05. The van der Waals surface area contributed by atoms with Crippen LogP contribution in [0.3, 0.4) is 0 Å². The summed E-state index contributed by atoms with van der Waals surface area (Å²) in [4.78, 5) is 15.5. The Kier molecular flexibility index (Phi) is 3.08. The number of imidazole rings is 1. The molecule has 2 rings (SSSR count). The summed E-state index contributed by atoms with van der Waals surface area (Å²) in [7, 11) is 0. The van der Waals surface area contributed by atoms with Crippen LogP contribution in [-0.2, 0) is 16.0 Å². The number of fused-ring (bicyclic) bond motifs is 1. The van der Waals surface area contributed by atoms with Gasteiger partial charge in [-0.1, -0.05) is 0 Å². The van der Waals surface area contributed by atoms with E-state index >= 15 is 0 Å². The molecule has 0 amide bonds. The van der Waals surface area contributed by atoms with E-state index in [4.69, 9.17) is 4.74 Å². The second-order valence-corrected chi connectivity index (χ2v) is 4.03. The highest BCUT2D eigenvalue weighted by atomic mass is 19.1. The molecule has 2 aromatic heterocycles. The number of ether oxygens (including phenoxy) is 1. The molecule has 0 unspecified atom stereocenters. The van der Waals surface area contributed by atoms with E-state index in [0.717, 1.165) is 0 Å². The Balaban J connectivity index is 2.20. The van der Waals surface area contributed by atoms with E-state index < -0.39 is 5.82 Å². The van der Waals surface area contributed by atoms with Crippen LogP contribution in [0.25, 0.3) is 5.65 Å². The number of carbonyl (C=O) groups excluding carboxylic acids is 1.